The molecule has 0 saturated heterocycles. The van der Waals surface area contributed by atoms with E-state index in [4.69, 9.17) is 9.47 Å². The molecule has 0 unspecified atom stereocenters. The van der Waals surface area contributed by atoms with E-state index in [9.17, 15) is 19.2 Å². The van der Waals surface area contributed by atoms with Crippen LogP contribution in [-0.4, -0.2) is 49.2 Å². The van der Waals surface area contributed by atoms with Crippen LogP contribution in [0.3, 0.4) is 0 Å². The van der Waals surface area contributed by atoms with Crippen molar-refractivity contribution in [3.8, 4) is 0 Å². The fourth-order valence-corrected chi connectivity index (χ4v) is 5.11. The lowest BCUT2D eigenvalue weighted by molar-refractivity contribution is -0.123. The number of alkyl carbamates (subject to hydrolysis) is 2. The molecule has 0 spiro atoms. The summed E-state index contributed by atoms with van der Waals surface area (Å²) in [6.45, 7) is 4.88. The number of carbonyl (C=O) groups excluding carboxylic acids is 4. The largest absolute Gasteiger partial charge is 0.445 e. The highest BCUT2D eigenvalue weighted by Gasteiger charge is 2.17. The molecule has 2 aromatic carbocycles. The summed E-state index contributed by atoms with van der Waals surface area (Å²) in [5.74, 6) is -0.398. The first-order valence-corrected chi connectivity index (χ1v) is 17.8. The maximum atomic E-state index is 12.2. The molecule has 2 rings (SSSR count). The number of nitrogens with one attached hydrogen (secondary N) is 4. The Hall–Kier alpha value is -4.08. The molecule has 266 valence electrons. The van der Waals surface area contributed by atoms with Crippen LogP contribution in [-0.2, 0) is 32.3 Å². The first-order valence-electron chi connectivity index (χ1n) is 17.8. The topological polar surface area (TPSA) is 135 Å². The van der Waals surface area contributed by atoms with Crippen molar-refractivity contribution >= 4 is 24.0 Å². The second-order valence-electron chi connectivity index (χ2n) is 12.4. The average molecular weight is 667 g/mol. The monoisotopic (exact) mass is 666 g/mol. The van der Waals surface area contributed by atoms with Gasteiger partial charge in [0.05, 0.1) is 0 Å². The molecular weight excluding hydrogens is 608 g/mol. The average Bonchev–Trinajstić information content (AvgIpc) is 3.09. The van der Waals surface area contributed by atoms with Crippen molar-refractivity contribution in [2.75, 3.05) is 13.1 Å². The number of unbranched alkanes of at least 4 members (excludes halogenated alkanes) is 13. The maximum absolute atomic E-state index is 12.2. The summed E-state index contributed by atoms with van der Waals surface area (Å²) in [5, 5.41) is 10.9. The molecule has 4 N–H and O–H groups in total. The normalized spacial score (nSPS) is 12.0. The van der Waals surface area contributed by atoms with Crippen molar-refractivity contribution in [2.45, 2.75) is 129 Å². The number of amides is 4. The summed E-state index contributed by atoms with van der Waals surface area (Å²) in [4.78, 5) is 48.3. The van der Waals surface area contributed by atoms with E-state index in [1.807, 2.05) is 60.7 Å². The molecule has 10 nitrogen and oxygen atoms in total. The zero-order chi connectivity index (χ0) is 34.7. The molecule has 2 atom stereocenters. The molecular formula is C38H58N4O6. The van der Waals surface area contributed by atoms with Crippen molar-refractivity contribution in [3.05, 3.63) is 71.8 Å². The van der Waals surface area contributed by atoms with Gasteiger partial charge in [-0.3, -0.25) is 9.59 Å². The molecule has 0 radical (unpaired) electrons. The van der Waals surface area contributed by atoms with E-state index >= 15 is 0 Å². The Morgan fingerprint density at radius 1 is 0.479 bits per heavy atom. The van der Waals surface area contributed by atoms with E-state index in [0.717, 1.165) is 36.8 Å². The number of carbonyl (C=O) groups is 4. The van der Waals surface area contributed by atoms with Gasteiger partial charge in [-0.2, -0.15) is 0 Å². The first kappa shape index (κ1) is 40.1. The van der Waals surface area contributed by atoms with Crippen LogP contribution in [0.5, 0.6) is 0 Å². The van der Waals surface area contributed by atoms with Crippen LogP contribution in [0.25, 0.3) is 0 Å². The van der Waals surface area contributed by atoms with Crippen LogP contribution < -0.4 is 21.3 Å². The van der Waals surface area contributed by atoms with Crippen molar-refractivity contribution in [1.29, 1.82) is 0 Å². The molecule has 4 amide bonds. The Morgan fingerprint density at radius 2 is 0.771 bits per heavy atom. The van der Waals surface area contributed by atoms with Gasteiger partial charge >= 0.3 is 12.2 Å². The molecule has 0 fully saturated rings. The quantitative estimate of drug-likeness (QED) is 0.0821. The number of rotatable bonds is 25. The number of benzene rings is 2. The van der Waals surface area contributed by atoms with Crippen molar-refractivity contribution in [1.82, 2.24) is 21.3 Å². The van der Waals surface area contributed by atoms with Gasteiger partial charge in [0.1, 0.15) is 25.3 Å². The summed E-state index contributed by atoms with van der Waals surface area (Å²) < 4.78 is 10.3. The SMILES string of the molecule is C[C@H](NC(=O)OCc1ccccc1)C(=O)NCCCCCCCCCCCCCCCCNC(=O)[C@H](C)NC(=O)OCc1ccccc1. The number of ether oxygens (including phenoxy) is 2. The second-order valence-corrected chi connectivity index (χ2v) is 12.4. The third-order valence-electron chi connectivity index (χ3n) is 8.08. The maximum Gasteiger partial charge on any atom is 0.408 e. The van der Waals surface area contributed by atoms with Gasteiger partial charge in [0.2, 0.25) is 11.8 Å². The van der Waals surface area contributed by atoms with Crippen LogP contribution in [0, 0.1) is 0 Å². The van der Waals surface area contributed by atoms with E-state index in [2.05, 4.69) is 21.3 Å². The van der Waals surface area contributed by atoms with Gasteiger partial charge in [-0.25, -0.2) is 9.59 Å². The third-order valence-corrected chi connectivity index (χ3v) is 8.08. The van der Waals surface area contributed by atoms with E-state index in [-0.39, 0.29) is 25.0 Å². The molecule has 10 heteroatoms. The van der Waals surface area contributed by atoms with E-state index in [1.165, 1.54) is 64.2 Å². The van der Waals surface area contributed by atoms with E-state index < -0.39 is 24.3 Å². The van der Waals surface area contributed by atoms with E-state index in [0.29, 0.717) is 13.1 Å². The molecule has 0 bridgehead atoms. The predicted molar refractivity (Wildman–Crippen MR) is 189 cm³/mol. The fourth-order valence-electron chi connectivity index (χ4n) is 5.11. The zero-order valence-corrected chi connectivity index (χ0v) is 29.1. The smallest absolute Gasteiger partial charge is 0.408 e. The summed E-state index contributed by atoms with van der Waals surface area (Å²) in [7, 11) is 0. The van der Waals surface area contributed by atoms with Crippen molar-refractivity contribution in [3.63, 3.8) is 0 Å². The predicted octanol–water partition coefficient (Wildman–Crippen LogP) is 7.31. The molecule has 0 aliphatic carbocycles. The lowest BCUT2D eigenvalue weighted by Crippen LogP contribution is -2.45. The highest BCUT2D eigenvalue weighted by atomic mass is 16.6. The van der Waals surface area contributed by atoms with E-state index in [1.54, 1.807) is 13.8 Å². The van der Waals surface area contributed by atoms with Crippen LogP contribution in [0.2, 0.25) is 0 Å². The minimum Gasteiger partial charge on any atom is -0.445 e. The third kappa shape index (κ3) is 20.2. The summed E-state index contributed by atoms with van der Waals surface area (Å²) in [5.41, 5.74) is 1.79. The van der Waals surface area contributed by atoms with Crippen LogP contribution in [0.4, 0.5) is 9.59 Å². The minimum atomic E-state index is -0.642. The van der Waals surface area contributed by atoms with Crippen LogP contribution in [0.15, 0.2) is 60.7 Å². The lowest BCUT2D eigenvalue weighted by Gasteiger charge is -2.14. The van der Waals surface area contributed by atoms with Crippen molar-refractivity contribution in [2.24, 2.45) is 0 Å². The molecule has 2 aromatic rings. The minimum absolute atomic E-state index is 0.172. The van der Waals surface area contributed by atoms with Crippen LogP contribution in [0.1, 0.15) is 115 Å². The second kappa shape index (κ2) is 25.9. The molecule has 0 aliphatic heterocycles. The number of hydrogen-bond acceptors (Lipinski definition) is 6. The molecule has 0 saturated carbocycles. The summed E-state index contributed by atoms with van der Waals surface area (Å²) >= 11 is 0. The van der Waals surface area contributed by atoms with Gasteiger partial charge in [-0.15, -0.1) is 0 Å². The highest BCUT2D eigenvalue weighted by molar-refractivity contribution is 5.85. The molecule has 0 heterocycles. The van der Waals surface area contributed by atoms with Gasteiger partial charge in [-0.1, -0.05) is 138 Å². The Kier molecular flexibility index (Phi) is 21.7. The lowest BCUT2D eigenvalue weighted by atomic mass is 10.0. The fraction of sp³-hybridized carbons (Fsp3) is 0.579. The van der Waals surface area contributed by atoms with Gasteiger partial charge in [0.25, 0.3) is 0 Å². The summed E-state index contributed by atoms with van der Waals surface area (Å²) in [6.07, 6.45) is 15.3. The summed E-state index contributed by atoms with van der Waals surface area (Å²) in [6, 6.07) is 17.6. The Labute approximate surface area is 287 Å². The van der Waals surface area contributed by atoms with Gasteiger partial charge in [-0.05, 0) is 37.8 Å². The first-order chi connectivity index (χ1) is 23.3. The Morgan fingerprint density at radius 3 is 1.08 bits per heavy atom. The van der Waals surface area contributed by atoms with Crippen molar-refractivity contribution < 1.29 is 28.7 Å². The van der Waals surface area contributed by atoms with Gasteiger partial charge < -0.3 is 30.7 Å². The van der Waals surface area contributed by atoms with Gasteiger partial charge in [0.15, 0.2) is 0 Å². The van der Waals surface area contributed by atoms with Crippen LogP contribution >= 0.6 is 0 Å². The number of hydrogen-bond donors (Lipinski definition) is 4. The molecule has 0 aromatic heterocycles. The molecule has 0 aliphatic rings. The standard InChI is InChI=1S/C38H58N4O6/c1-31(41-37(45)47-29-33-23-17-15-18-24-33)35(43)39-27-21-13-11-9-7-5-3-4-6-8-10-12-14-22-28-40-36(44)32(2)42-38(46)48-30-34-25-19-16-20-26-34/h15-20,23-26,31-32H,3-14,21-22,27-30H2,1-2H3,(H,39,43)(H,40,44)(H,41,45)(H,42,46)/t31-,32-/m0/s1. The Balaban J connectivity index is 1.29. The Bertz CT molecular complexity index is 1070. The van der Waals surface area contributed by atoms with Gasteiger partial charge in [0, 0.05) is 13.1 Å². The highest BCUT2D eigenvalue weighted by Crippen LogP contribution is 2.13. The molecule has 48 heavy (non-hydrogen) atoms. The zero-order valence-electron chi connectivity index (χ0n) is 29.1.